The molecule has 0 radical (unpaired) electrons. The number of halogens is 1. The third-order valence-corrected chi connectivity index (χ3v) is 2.14. The molecule has 1 heterocycles. The van der Waals surface area contributed by atoms with E-state index >= 15 is 0 Å². The smallest absolute Gasteiger partial charge is 0.355 e. The molecule has 0 aliphatic carbocycles. The van der Waals surface area contributed by atoms with Crippen LogP contribution < -0.4 is 0 Å². The second kappa shape index (κ2) is 3.73. The van der Waals surface area contributed by atoms with Crippen LogP contribution >= 0.6 is 0 Å². The third kappa shape index (κ3) is 1.70. The Bertz CT molecular complexity index is 504. The number of aromatic amines is 1. The molecule has 0 fully saturated rings. The lowest BCUT2D eigenvalue weighted by Crippen LogP contribution is -2.05. The molecule has 0 unspecified atom stereocenters. The van der Waals surface area contributed by atoms with E-state index in [4.69, 9.17) is 4.74 Å². The molecule has 0 atom stereocenters. The molecule has 4 heteroatoms. The largest absolute Gasteiger partial charge is 0.461 e. The minimum absolute atomic E-state index is 0.298. The standard InChI is InChI=1S/C11H10FNO2/c1-2-15-11(14)10-9-5-8(12)4-3-7(9)6-13-10/h3-6,13H,2H2,1H3. The first-order chi connectivity index (χ1) is 7.22. The summed E-state index contributed by atoms with van der Waals surface area (Å²) in [5.74, 6) is -0.828. The molecular formula is C11H10FNO2. The topological polar surface area (TPSA) is 42.1 Å². The summed E-state index contributed by atoms with van der Waals surface area (Å²) in [5.41, 5.74) is 0.298. The summed E-state index contributed by atoms with van der Waals surface area (Å²) in [7, 11) is 0. The number of esters is 1. The molecule has 0 saturated carbocycles. The number of carbonyl (C=O) groups excluding carboxylic acids is 1. The van der Waals surface area contributed by atoms with Gasteiger partial charge in [0.05, 0.1) is 6.61 Å². The second-order valence-electron chi connectivity index (χ2n) is 3.12. The first-order valence-corrected chi connectivity index (χ1v) is 4.66. The van der Waals surface area contributed by atoms with Gasteiger partial charge in [0.2, 0.25) is 0 Å². The summed E-state index contributed by atoms with van der Waals surface area (Å²) in [4.78, 5) is 14.2. The van der Waals surface area contributed by atoms with E-state index in [1.807, 2.05) is 0 Å². The Labute approximate surface area is 85.9 Å². The van der Waals surface area contributed by atoms with Crippen molar-refractivity contribution in [1.29, 1.82) is 0 Å². The van der Waals surface area contributed by atoms with Crippen LogP contribution in [0.3, 0.4) is 0 Å². The lowest BCUT2D eigenvalue weighted by Gasteiger charge is -1.99. The Kier molecular flexibility index (Phi) is 2.41. The second-order valence-corrected chi connectivity index (χ2v) is 3.12. The van der Waals surface area contributed by atoms with Gasteiger partial charge in [0.25, 0.3) is 0 Å². The van der Waals surface area contributed by atoms with Gasteiger partial charge in [-0.25, -0.2) is 9.18 Å². The van der Waals surface area contributed by atoms with Crippen LogP contribution in [0.15, 0.2) is 24.4 Å². The SMILES string of the molecule is CCOC(=O)c1[nH]cc2ccc(F)cc12. The molecule has 0 amide bonds. The summed E-state index contributed by atoms with van der Waals surface area (Å²) in [6.07, 6.45) is 1.65. The summed E-state index contributed by atoms with van der Waals surface area (Å²) in [6, 6.07) is 4.28. The fourth-order valence-corrected chi connectivity index (χ4v) is 1.47. The maximum absolute atomic E-state index is 13.0. The van der Waals surface area contributed by atoms with Crippen LogP contribution in [0.1, 0.15) is 17.4 Å². The fraction of sp³-hybridized carbons (Fsp3) is 0.182. The Morgan fingerprint density at radius 1 is 1.53 bits per heavy atom. The Hall–Kier alpha value is -1.84. The predicted molar refractivity (Wildman–Crippen MR) is 54.2 cm³/mol. The zero-order chi connectivity index (χ0) is 10.8. The molecule has 2 aromatic rings. The van der Waals surface area contributed by atoms with E-state index in [0.29, 0.717) is 17.7 Å². The molecule has 15 heavy (non-hydrogen) atoms. The van der Waals surface area contributed by atoms with Crippen LogP contribution in [0.5, 0.6) is 0 Å². The van der Waals surface area contributed by atoms with Crippen LogP contribution in [0.25, 0.3) is 10.8 Å². The number of aromatic nitrogens is 1. The van der Waals surface area contributed by atoms with Gasteiger partial charge in [-0.05, 0) is 25.1 Å². The zero-order valence-electron chi connectivity index (χ0n) is 8.21. The fourth-order valence-electron chi connectivity index (χ4n) is 1.47. The van der Waals surface area contributed by atoms with Gasteiger partial charge in [0.1, 0.15) is 11.5 Å². The summed E-state index contributed by atoms with van der Waals surface area (Å²) in [6.45, 7) is 2.03. The number of ether oxygens (including phenoxy) is 1. The minimum atomic E-state index is -0.460. The van der Waals surface area contributed by atoms with Crippen molar-refractivity contribution in [2.24, 2.45) is 0 Å². The zero-order valence-corrected chi connectivity index (χ0v) is 8.21. The first-order valence-electron chi connectivity index (χ1n) is 4.66. The van der Waals surface area contributed by atoms with Gasteiger partial charge in [-0.2, -0.15) is 0 Å². The molecule has 78 valence electrons. The van der Waals surface area contributed by atoms with Crippen molar-refractivity contribution in [2.75, 3.05) is 6.61 Å². The lowest BCUT2D eigenvalue weighted by atomic mass is 10.2. The molecule has 1 aromatic carbocycles. The molecule has 2 rings (SSSR count). The number of nitrogens with one attached hydrogen (secondary N) is 1. The molecule has 0 saturated heterocycles. The van der Waals surface area contributed by atoms with Gasteiger partial charge < -0.3 is 9.72 Å². The normalized spacial score (nSPS) is 10.5. The Morgan fingerprint density at radius 2 is 2.33 bits per heavy atom. The number of hydrogen-bond acceptors (Lipinski definition) is 2. The van der Waals surface area contributed by atoms with E-state index in [-0.39, 0.29) is 5.82 Å². The van der Waals surface area contributed by atoms with Gasteiger partial charge in [0.15, 0.2) is 0 Å². The average Bonchev–Trinajstić information content (AvgIpc) is 2.60. The van der Waals surface area contributed by atoms with Gasteiger partial charge in [-0.15, -0.1) is 0 Å². The van der Waals surface area contributed by atoms with E-state index < -0.39 is 5.97 Å². The highest BCUT2D eigenvalue weighted by molar-refractivity contribution is 6.03. The van der Waals surface area contributed by atoms with Crippen molar-refractivity contribution >= 4 is 16.7 Å². The highest BCUT2D eigenvalue weighted by Gasteiger charge is 2.13. The van der Waals surface area contributed by atoms with Crippen molar-refractivity contribution in [3.8, 4) is 0 Å². The number of fused-ring (bicyclic) bond motifs is 1. The van der Waals surface area contributed by atoms with E-state index in [9.17, 15) is 9.18 Å². The maximum Gasteiger partial charge on any atom is 0.355 e. The van der Waals surface area contributed by atoms with Gasteiger partial charge in [0, 0.05) is 17.0 Å². The quantitative estimate of drug-likeness (QED) is 0.768. The molecule has 0 aliphatic rings. The minimum Gasteiger partial charge on any atom is -0.461 e. The van der Waals surface area contributed by atoms with E-state index in [1.165, 1.54) is 12.1 Å². The summed E-state index contributed by atoms with van der Waals surface area (Å²) in [5, 5.41) is 1.34. The van der Waals surface area contributed by atoms with Crippen molar-refractivity contribution < 1.29 is 13.9 Å². The van der Waals surface area contributed by atoms with Crippen LogP contribution in [-0.2, 0) is 4.74 Å². The van der Waals surface area contributed by atoms with Crippen molar-refractivity contribution in [3.63, 3.8) is 0 Å². The van der Waals surface area contributed by atoms with Gasteiger partial charge in [-0.3, -0.25) is 0 Å². The maximum atomic E-state index is 13.0. The molecule has 0 aliphatic heterocycles. The molecule has 3 nitrogen and oxygen atoms in total. The first kappa shape index (κ1) is 9.71. The monoisotopic (exact) mass is 207 g/mol. The molecule has 0 spiro atoms. The lowest BCUT2D eigenvalue weighted by molar-refractivity contribution is 0.0522. The number of hydrogen-bond donors (Lipinski definition) is 1. The number of H-pyrrole nitrogens is 1. The van der Waals surface area contributed by atoms with Crippen LogP contribution in [0, 0.1) is 5.82 Å². The van der Waals surface area contributed by atoms with Crippen LogP contribution in [-0.4, -0.2) is 17.6 Å². The van der Waals surface area contributed by atoms with E-state index in [0.717, 1.165) is 5.39 Å². The summed E-state index contributed by atoms with van der Waals surface area (Å²) >= 11 is 0. The van der Waals surface area contributed by atoms with Crippen molar-refractivity contribution in [1.82, 2.24) is 4.98 Å². The highest BCUT2D eigenvalue weighted by Crippen LogP contribution is 2.20. The predicted octanol–water partition coefficient (Wildman–Crippen LogP) is 2.48. The van der Waals surface area contributed by atoms with Gasteiger partial charge >= 0.3 is 5.97 Å². The van der Waals surface area contributed by atoms with E-state index in [1.54, 1.807) is 19.2 Å². The Balaban J connectivity index is 2.52. The third-order valence-electron chi connectivity index (χ3n) is 2.14. The highest BCUT2D eigenvalue weighted by atomic mass is 19.1. The van der Waals surface area contributed by atoms with Gasteiger partial charge in [-0.1, -0.05) is 0 Å². The number of rotatable bonds is 2. The van der Waals surface area contributed by atoms with Crippen LogP contribution in [0.2, 0.25) is 0 Å². The van der Waals surface area contributed by atoms with Crippen molar-refractivity contribution in [3.05, 3.63) is 35.9 Å². The molecule has 0 bridgehead atoms. The number of carbonyl (C=O) groups is 1. The molecule has 1 aromatic heterocycles. The van der Waals surface area contributed by atoms with Crippen LogP contribution in [0.4, 0.5) is 4.39 Å². The number of benzene rings is 1. The molecular weight excluding hydrogens is 197 g/mol. The van der Waals surface area contributed by atoms with Crippen molar-refractivity contribution in [2.45, 2.75) is 6.92 Å². The Morgan fingerprint density at radius 3 is 3.07 bits per heavy atom. The average molecular weight is 207 g/mol. The summed E-state index contributed by atoms with van der Waals surface area (Å²) < 4.78 is 17.8. The van der Waals surface area contributed by atoms with E-state index in [2.05, 4.69) is 4.98 Å². The molecule has 1 N–H and O–H groups in total.